The first-order chi connectivity index (χ1) is 12.0. The molecule has 4 rings (SSSR count). The summed E-state index contributed by atoms with van der Waals surface area (Å²) in [6, 6.07) is 7.88. The predicted molar refractivity (Wildman–Crippen MR) is 98.4 cm³/mol. The van der Waals surface area contributed by atoms with Gasteiger partial charge in [0.05, 0.1) is 0 Å². The van der Waals surface area contributed by atoms with Crippen LogP contribution >= 0.6 is 0 Å². The van der Waals surface area contributed by atoms with E-state index in [0.29, 0.717) is 5.92 Å². The van der Waals surface area contributed by atoms with Crippen LogP contribution in [0.1, 0.15) is 39.5 Å². The van der Waals surface area contributed by atoms with E-state index in [0.717, 1.165) is 30.9 Å². The molecule has 25 heavy (non-hydrogen) atoms. The van der Waals surface area contributed by atoms with Gasteiger partial charge >= 0.3 is 0 Å². The Morgan fingerprint density at radius 2 is 2.04 bits per heavy atom. The van der Waals surface area contributed by atoms with E-state index in [2.05, 4.69) is 29.9 Å². The molecule has 1 fully saturated rings. The van der Waals surface area contributed by atoms with E-state index < -0.39 is 0 Å². The standard InChI is InChI=1S/C20H23N3O2/c1-12-4-5-17-14(8-12)16-11-22(3)7-6-18(16)23(17)20(25)15-10-21-13(2)9-19(15)24/h4-5,8-10,16,18H,6-7,11H2,1-3H3,(H,21,24)/t16-,18-/m0/s1. The smallest absolute Gasteiger partial charge is 0.264 e. The van der Waals surface area contributed by atoms with Gasteiger partial charge in [0.1, 0.15) is 5.56 Å². The van der Waals surface area contributed by atoms with Gasteiger partial charge in [-0.05, 0) is 45.5 Å². The Morgan fingerprint density at radius 3 is 2.80 bits per heavy atom. The SMILES string of the molecule is Cc1ccc2c(c1)[C@@H]1CN(C)CC[C@@H]1N2C(=O)c1c[nH]c(C)cc1=O. The number of aryl methyl sites for hydroxylation is 2. The van der Waals surface area contributed by atoms with Gasteiger partial charge in [-0.15, -0.1) is 0 Å². The third kappa shape index (κ3) is 2.59. The number of nitrogens with one attached hydrogen (secondary N) is 1. The number of pyridine rings is 1. The zero-order valence-corrected chi connectivity index (χ0v) is 14.9. The highest BCUT2D eigenvalue weighted by atomic mass is 16.2. The van der Waals surface area contributed by atoms with Crippen LogP contribution in [0.2, 0.25) is 0 Å². The van der Waals surface area contributed by atoms with Crippen LogP contribution in [0.4, 0.5) is 5.69 Å². The van der Waals surface area contributed by atoms with Crippen molar-refractivity contribution in [2.24, 2.45) is 0 Å². The first kappa shape index (κ1) is 16.1. The highest BCUT2D eigenvalue weighted by Gasteiger charge is 2.44. The zero-order chi connectivity index (χ0) is 17.7. The molecule has 1 amide bonds. The average molecular weight is 337 g/mol. The minimum absolute atomic E-state index is 0.126. The van der Waals surface area contributed by atoms with Crippen molar-refractivity contribution >= 4 is 11.6 Å². The minimum Gasteiger partial charge on any atom is -0.364 e. The second kappa shape index (κ2) is 5.85. The van der Waals surface area contributed by atoms with E-state index in [1.807, 2.05) is 24.0 Å². The number of fused-ring (bicyclic) bond motifs is 3. The number of benzene rings is 1. The highest BCUT2D eigenvalue weighted by molar-refractivity contribution is 6.08. The van der Waals surface area contributed by atoms with Crippen molar-refractivity contribution < 1.29 is 4.79 Å². The van der Waals surface area contributed by atoms with Gasteiger partial charge < -0.3 is 14.8 Å². The molecule has 2 aromatic rings. The summed E-state index contributed by atoms with van der Waals surface area (Å²) in [5.74, 6) is 0.116. The number of likely N-dealkylation sites (tertiary alicyclic amines) is 1. The van der Waals surface area contributed by atoms with Gasteiger partial charge in [-0.1, -0.05) is 17.7 Å². The van der Waals surface area contributed by atoms with Gasteiger partial charge in [0.15, 0.2) is 5.43 Å². The number of aromatic nitrogens is 1. The molecule has 1 saturated heterocycles. The van der Waals surface area contributed by atoms with Gasteiger partial charge in [-0.3, -0.25) is 9.59 Å². The molecule has 1 aromatic carbocycles. The predicted octanol–water partition coefficient (Wildman–Crippen LogP) is 2.44. The first-order valence-corrected chi connectivity index (χ1v) is 8.77. The van der Waals surface area contributed by atoms with E-state index in [9.17, 15) is 9.59 Å². The van der Waals surface area contributed by atoms with Crippen molar-refractivity contribution in [2.45, 2.75) is 32.2 Å². The Labute approximate surface area is 147 Å². The van der Waals surface area contributed by atoms with Gasteiger partial charge in [-0.25, -0.2) is 0 Å². The van der Waals surface area contributed by atoms with Crippen LogP contribution in [0.5, 0.6) is 0 Å². The molecular formula is C20H23N3O2. The summed E-state index contributed by atoms with van der Waals surface area (Å²) in [7, 11) is 2.13. The summed E-state index contributed by atoms with van der Waals surface area (Å²) in [6.07, 6.45) is 2.47. The number of hydrogen-bond acceptors (Lipinski definition) is 3. The number of carbonyl (C=O) groups is 1. The number of piperidine rings is 1. The molecule has 130 valence electrons. The molecule has 5 nitrogen and oxygen atoms in total. The molecule has 0 bridgehead atoms. The first-order valence-electron chi connectivity index (χ1n) is 8.77. The molecule has 3 heterocycles. The Bertz CT molecular complexity index is 902. The normalized spacial score (nSPS) is 22.6. The molecule has 1 aromatic heterocycles. The maximum absolute atomic E-state index is 13.3. The molecule has 0 saturated carbocycles. The lowest BCUT2D eigenvalue weighted by atomic mass is 9.89. The van der Waals surface area contributed by atoms with Gasteiger partial charge in [0.2, 0.25) is 0 Å². The molecule has 0 aliphatic carbocycles. The van der Waals surface area contributed by atoms with Crippen LogP contribution in [0.15, 0.2) is 35.3 Å². The summed E-state index contributed by atoms with van der Waals surface area (Å²) >= 11 is 0. The van der Waals surface area contributed by atoms with Gasteiger partial charge in [-0.2, -0.15) is 0 Å². The fourth-order valence-electron chi connectivity index (χ4n) is 4.22. The molecule has 0 radical (unpaired) electrons. The lowest BCUT2D eigenvalue weighted by Crippen LogP contribution is -2.47. The van der Waals surface area contributed by atoms with Crippen LogP contribution in [0, 0.1) is 13.8 Å². The number of carbonyl (C=O) groups excluding carboxylic acids is 1. The number of likely N-dealkylation sites (N-methyl/N-ethyl adjacent to an activating group) is 1. The zero-order valence-electron chi connectivity index (χ0n) is 14.9. The Morgan fingerprint density at radius 1 is 1.24 bits per heavy atom. The van der Waals surface area contributed by atoms with Crippen molar-refractivity contribution in [3.63, 3.8) is 0 Å². The van der Waals surface area contributed by atoms with E-state index >= 15 is 0 Å². The Balaban J connectivity index is 1.81. The molecule has 0 spiro atoms. The lowest BCUT2D eigenvalue weighted by Gasteiger charge is -2.36. The number of hydrogen-bond donors (Lipinski definition) is 1. The quantitative estimate of drug-likeness (QED) is 0.869. The van der Waals surface area contributed by atoms with Crippen LogP contribution in [-0.4, -0.2) is 42.0 Å². The number of aromatic amines is 1. The third-order valence-electron chi connectivity index (χ3n) is 5.46. The molecule has 2 atom stereocenters. The van der Waals surface area contributed by atoms with Crippen LogP contribution < -0.4 is 10.3 Å². The van der Waals surface area contributed by atoms with E-state index in [-0.39, 0.29) is 22.9 Å². The monoisotopic (exact) mass is 337 g/mol. The van der Waals surface area contributed by atoms with Crippen LogP contribution in [0.3, 0.4) is 0 Å². The topological polar surface area (TPSA) is 56.4 Å². The van der Waals surface area contributed by atoms with Crippen molar-refractivity contribution in [1.29, 1.82) is 0 Å². The summed E-state index contributed by atoms with van der Waals surface area (Å²) in [5, 5.41) is 0. The van der Waals surface area contributed by atoms with Crippen molar-refractivity contribution in [3.8, 4) is 0 Å². The second-order valence-electron chi connectivity index (χ2n) is 7.36. The minimum atomic E-state index is -0.216. The Hall–Kier alpha value is -2.40. The Kier molecular flexibility index (Phi) is 3.76. The van der Waals surface area contributed by atoms with Crippen LogP contribution in [-0.2, 0) is 0 Å². The molecular weight excluding hydrogens is 314 g/mol. The molecule has 2 aliphatic heterocycles. The van der Waals surface area contributed by atoms with Gasteiger partial charge in [0, 0.05) is 42.1 Å². The van der Waals surface area contributed by atoms with Crippen LogP contribution in [0.25, 0.3) is 0 Å². The van der Waals surface area contributed by atoms with Crippen molar-refractivity contribution in [2.75, 3.05) is 25.0 Å². The fourth-order valence-corrected chi connectivity index (χ4v) is 4.22. The van der Waals surface area contributed by atoms with Gasteiger partial charge in [0.25, 0.3) is 5.91 Å². The summed E-state index contributed by atoms with van der Waals surface area (Å²) in [5.41, 5.74) is 4.15. The maximum atomic E-state index is 13.3. The molecule has 1 N–H and O–H groups in total. The lowest BCUT2D eigenvalue weighted by molar-refractivity contribution is 0.0963. The number of amides is 1. The summed E-state index contributed by atoms with van der Waals surface area (Å²) < 4.78 is 0. The summed E-state index contributed by atoms with van der Waals surface area (Å²) in [4.78, 5) is 32.8. The van der Waals surface area contributed by atoms with Crippen molar-refractivity contribution in [3.05, 3.63) is 63.1 Å². The largest absolute Gasteiger partial charge is 0.364 e. The molecule has 2 aliphatic rings. The molecule has 5 heteroatoms. The number of anilines is 1. The second-order valence-corrected chi connectivity index (χ2v) is 7.36. The molecule has 0 unspecified atom stereocenters. The maximum Gasteiger partial charge on any atom is 0.264 e. The number of nitrogens with zero attached hydrogens (tertiary/aromatic N) is 2. The number of rotatable bonds is 1. The van der Waals surface area contributed by atoms with Crippen molar-refractivity contribution in [1.82, 2.24) is 9.88 Å². The average Bonchev–Trinajstić information content (AvgIpc) is 2.87. The summed E-state index contributed by atoms with van der Waals surface area (Å²) in [6.45, 7) is 5.80. The van der Waals surface area contributed by atoms with E-state index in [1.54, 1.807) is 6.20 Å². The highest BCUT2D eigenvalue weighted by Crippen LogP contribution is 2.45. The third-order valence-corrected chi connectivity index (χ3v) is 5.46. The van der Waals surface area contributed by atoms with E-state index in [4.69, 9.17) is 0 Å². The van der Waals surface area contributed by atoms with E-state index in [1.165, 1.54) is 17.2 Å². The number of H-pyrrole nitrogens is 1. The fraction of sp³-hybridized carbons (Fsp3) is 0.400.